The van der Waals surface area contributed by atoms with Gasteiger partial charge >= 0.3 is 0 Å². The topological polar surface area (TPSA) is 49.4 Å². The first-order valence-corrected chi connectivity index (χ1v) is 10.6. The van der Waals surface area contributed by atoms with Crippen LogP contribution < -0.4 is 5.32 Å². The average molecular weight is 401 g/mol. The SMILES string of the molecule is CCCCNC(=O)C1CSC(c2cccc(F)c2)N1C(=O)c1cccc(C)c1. The highest BCUT2D eigenvalue weighted by Crippen LogP contribution is 2.42. The summed E-state index contributed by atoms with van der Waals surface area (Å²) < 4.78 is 13.8. The molecule has 0 aromatic heterocycles. The lowest BCUT2D eigenvalue weighted by atomic mass is 10.1. The molecule has 1 fully saturated rings. The molecule has 2 aromatic carbocycles. The van der Waals surface area contributed by atoms with E-state index in [1.165, 1.54) is 23.9 Å². The molecule has 2 unspecified atom stereocenters. The molecule has 0 saturated carbocycles. The second-order valence-electron chi connectivity index (χ2n) is 6.98. The normalized spacial score (nSPS) is 18.9. The van der Waals surface area contributed by atoms with Crippen molar-refractivity contribution in [3.63, 3.8) is 0 Å². The van der Waals surface area contributed by atoms with Gasteiger partial charge in [-0.15, -0.1) is 11.8 Å². The van der Waals surface area contributed by atoms with Crippen molar-refractivity contribution >= 4 is 23.6 Å². The minimum Gasteiger partial charge on any atom is -0.354 e. The van der Waals surface area contributed by atoms with E-state index in [2.05, 4.69) is 12.2 Å². The second kappa shape index (κ2) is 9.24. The summed E-state index contributed by atoms with van der Waals surface area (Å²) in [5.41, 5.74) is 2.20. The van der Waals surface area contributed by atoms with Gasteiger partial charge in [0, 0.05) is 17.9 Å². The zero-order valence-corrected chi connectivity index (χ0v) is 17.0. The lowest BCUT2D eigenvalue weighted by molar-refractivity contribution is -0.124. The van der Waals surface area contributed by atoms with Crippen LogP contribution in [0.1, 0.15) is 46.6 Å². The molecular weight excluding hydrogens is 375 g/mol. The third-order valence-corrected chi connectivity index (χ3v) is 6.09. The fourth-order valence-electron chi connectivity index (χ4n) is 3.31. The minimum atomic E-state index is -0.580. The molecule has 6 heteroatoms. The van der Waals surface area contributed by atoms with Crippen molar-refractivity contribution in [3.05, 3.63) is 71.0 Å². The molecule has 28 heavy (non-hydrogen) atoms. The molecule has 1 N–H and O–H groups in total. The van der Waals surface area contributed by atoms with Crippen LogP contribution in [0.15, 0.2) is 48.5 Å². The van der Waals surface area contributed by atoms with Crippen molar-refractivity contribution in [2.75, 3.05) is 12.3 Å². The smallest absolute Gasteiger partial charge is 0.255 e. The highest BCUT2D eigenvalue weighted by Gasteiger charge is 2.42. The summed E-state index contributed by atoms with van der Waals surface area (Å²) in [6.45, 7) is 4.58. The monoisotopic (exact) mass is 400 g/mol. The molecule has 1 saturated heterocycles. The van der Waals surface area contributed by atoms with Gasteiger partial charge in [0.15, 0.2) is 0 Å². The van der Waals surface area contributed by atoms with E-state index in [9.17, 15) is 14.0 Å². The van der Waals surface area contributed by atoms with Gasteiger partial charge in [0.2, 0.25) is 5.91 Å². The van der Waals surface area contributed by atoms with Crippen LogP contribution >= 0.6 is 11.8 Å². The Hall–Kier alpha value is -2.34. The van der Waals surface area contributed by atoms with Crippen LogP contribution in [-0.4, -0.2) is 35.1 Å². The highest BCUT2D eigenvalue weighted by atomic mass is 32.2. The number of nitrogens with zero attached hydrogens (tertiary/aromatic N) is 1. The molecule has 1 aliphatic heterocycles. The van der Waals surface area contributed by atoms with Crippen molar-refractivity contribution in [1.82, 2.24) is 10.2 Å². The van der Waals surface area contributed by atoms with E-state index in [-0.39, 0.29) is 17.6 Å². The summed E-state index contributed by atoms with van der Waals surface area (Å²) in [7, 11) is 0. The lowest BCUT2D eigenvalue weighted by Crippen LogP contribution is -2.48. The Kier molecular flexibility index (Phi) is 6.73. The van der Waals surface area contributed by atoms with Crippen LogP contribution in [0.25, 0.3) is 0 Å². The minimum absolute atomic E-state index is 0.152. The zero-order valence-electron chi connectivity index (χ0n) is 16.2. The Morgan fingerprint density at radius 1 is 1.21 bits per heavy atom. The average Bonchev–Trinajstić information content (AvgIpc) is 3.12. The first-order chi connectivity index (χ1) is 13.5. The summed E-state index contributed by atoms with van der Waals surface area (Å²) >= 11 is 1.49. The first-order valence-electron chi connectivity index (χ1n) is 9.55. The number of carbonyl (C=O) groups is 2. The second-order valence-corrected chi connectivity index (χ2v) is 8.10. The van der Waals surface area contributed by atoms with Crippen LogP contribution in [0.2, 0.25) is 0 Å². The molecule has 2 aromatic rings. The van der Waals surface area contributed by atoms with Crippen LogP contribution in [0.5, 0.6) is 0 Å². The summed E-state index contributed by atoms with van der Waals surface area (Å²) in [6.07, 6.45) is 1.88. The van der Waals surface area contributed by atoms with Crippen molar-refractivity contribution in [3.8, 4) is 0 Å². The van der Waals surface area contributed by atoms with Crippen molar-refractivity contribution in [2.45, 2.75) is 38.1 Å². The number of rotatable bonds is 6. The fourth-order valence-corrected chi connectivity index (χ4v) is 4.73. The molecule has 0 radical (unpaired) electrons. The standard InChI is InChI=1S/C22H25FN2O2S/c1-3-4-11-24-20(26)19-14-28-22(17-9-6-10-18(23)13-17)25(19)21(27)16-8-5-7-15(2)12-16/h5-10,12-13,19,22H,3-4,11,14H2,1-2H3,(H,24,26). The van der Waals surface area contributed by atoms with Crippen molar-refractivity contribution in [1.29, 1.82) is 0 Å². The van der Waals surface area contributed by atoms with E-state index in [1.807, 2.05) is 25.1 Å². The van der Waals surface area contributed by atoms with Gasteiger partial charge < -0.3 is 10.2 Å². The molecule has 0 aliphatic carbocycles. The Balaban J connectivity index is 1.92. The molecule has 4 nitrogen and oxygen atoms in total. The number of hydrogen-bond donors (Lipinski definition) is 1. The number of nitrogens with one attached hydrogen (secondary N) is 1. The molecule has 3 rings (SSSR count). The largest absolute Gasteiger partial charge is 0.354 e. The van der Waals surface area contributed by atoms with Crippen molar-refractivity contribution in [2.24, 2.45) is 0 Å². The van der Waals surface area contributed by atoms with Crippen LogP contribution in [0, 0.1) is 12.7 Å². The van der Waals surface area contributed by atoms with Gasteiger partial charge in [0.25, 0.3) is 5.91 Å². The van der Waals surface area contributed by atoms with Crippen LogP contribution in [0.3, 0.4) is 0 Å². The van der Waals surface area contributed by atoms with E-state index in [1.54, 1.807) is 23.1 Å². The molecule has 0 bridgehead atoms. The van der Waals surface area contributed by atoms with E-state index in [0.29, 0.717) is 23.4 Å². The number of thioether (sulfide) groups is 1. The quantitative estimate of drug-likeness (QED) is 0.735. The molecule has 2 amide bonds. The van der Waals surface area contributed by atoms with Crippen LogP contribution in [-0.2, 0) is 4.79 Å². The molecule has 0 spiro atoms. The Morgan fingerprint density at radius 2 is 2.00 bits per heavy atom. The van der Waals surface area contributed by atoms with E-state index < -0.39 is 11.4 Å². The lowest BCUT2D eigenvalue weighted by Gasteiger charge is -2.29. The molecule has 1 heterocycles. The Labute approximate surface area is 169 Å². The summed E-state index contributed by atoms with van der Waals surface area (Å²) in [4.78, 5) is 27.7. The molecule has 2 atom stereocenters. The molecule has 148 valence electrons. The third-order valence-electron chi connectivity index (χ3n) is 4.77. The fraction of sp³-hybridized carbons (Fsp3) is 0.364. The Morgan fingerprint density at radius 3 is 2.71 bits per heavy atom. The van der Waals surface area contributed by atoms with Crippen LogP contribution in [0.4, 0.5) is 4.39 Å². The van der Waals surface area contributed by atoms with Crippen molar-refractivity contribution < 1.29 is 14.0 Å². The number of benzene rings is 2. The van der Waals surface area contributed by atoms with E-state index >= 15 is 0 Å². The number of halogens is 1. The maximum Gasteiger partial charge on any atom is 0.255 e. The summed E-state index contributed by atoms with van der Waals surface area (Å²) in [5.74, 6) is -0.229. The molecule has 1 aliphatic rings. The predicted octanol–water partition coefficient (Wildman–Crippen LogP) is 4.31. The highest BCUT2D eigenvalue weighted by molar-refractivity contribution is 7.99. The third kappa shape index (κ3) is 4.55. The van der Waals surface area contributed by atoms with Gasteiger partial charge in [0.05, 0.1) is 0 Å². The van der Waals surface area contributed by atoms with Gasteiger partial charge in [-0.2, -0.15) is 0 Å². The number of unbranched alkanes of at least 4 members (excludes halogenated alkanes) is 1. The number of aryl methyl sites for hydroxylation is 1. The number of amides is 2. The van der Waals surface area contributed by atoms with Gasteiger partial charge in [-0.1, -0.05) is 43.2 Å². The maximum absolute atomic E-state index is 13.8. The van der Waals surface area contributed by atoms with Gasteiger partial charge in [0.1, 0.15) is 17.2 Å². The first kappa shape index (κ1) is 20.4. The van der Waals surface area contributed by atoms with Gasteiger partial charge in [-0.05, 0) is 43.2 Å². The zero-order chi connectivity index (χ0) is 20.1. The Bertz CT molecular complexity index is 858. The predicted molar refractivity (Wildman–Crippen MR) is 111 cm³/mol. The van der Waals surface area contributed by atoms with E-state index in [0.717, 1.165) is 18.4 Å². The summed E-state index contributed by atoms with van der Waals surface area (Å²) in [6, 6.07) is 13.0. The maximum atomic E-state index is 13.8. The number of hydrogen-bond acceptors (Lipinski definition) is 3. The van der Waals surface area contributed by atoms with Gasteiger partial charge in [-0.25, -0.2) is 4.39 Å². The van der Waals surface area contributed by atoms with Gasteiger partial charge in [-0.3, -0.25) is 9.59 Å². The molecular formula is C22H25FN2O2S. The summed E-state index contributed by atoms with van der Waals surface area (Å²) in [5, 5.41) is 2.54. The number of carbonyl (C=O) groups excluding carboxylic acids is 2. The van der Waals surface area contributed by atoms with E-state index in [4.69, 9.17) is 0 Å².